The van der Waals surface area contributed by atoms with E-state index < -0.39 is 0 Å². The van der Waals surface area contributed by atoms with Gasteiger partial charge in [-0.25, -0.2) is 0 Å². The van der Waals surface area contributed by atoms with Gasteiger partial charge >= 0.3 is 0 Å². The Morgan fingerprint density at radius 2 is 1.71 bits per heavy atom. The molecule has 1 N–H and O–H groups in total. The van der Waals surface area contributed by atoms with Crippen LogP contribution in [0.25, 0.3) is 0 Å². The second-order valence-electron chi connectivity index (χ2n) is 5.02. The average Bonchev–Trinajstić information content (AvgIpc) is 2.23. The third kappa shape index (κ3) is 4.14. The minimum absolute atomic E-state index is 0.107. The Labute approximate surface area is 105 Å². The van der Waals surface area contributed by atoms with E-state index in [4.69, 9.17) is 4.74 Å². The normalized spacial score (nSPS) is 14.7. The van der Waals surface area contributed by atoms with Gasteiger partial charge in [0.1, 0.15) is 0 Å². The number of aliphatic hydroxyl groups excluding tert-OH is 1. The molecule has 0 radical (unpaired) electrons. The second-order valence-corrected chi connectivity index (χ2v) is 5.02. The van der Waals surface area contributed by atoms with Gasteiger partial charge in [0.05, 0.1) is 12.2 Å². The Morgan fingerprint density at radius 3 is 2.18 bits per heavy atom. The summed E-state index contributed by atoms with van der Waals surface area (Å²) in [6.07, 6.45) is 1.18. The summed E-state index contributed by atoms with van der Waals surface area (Å²) in [6.45, 7) is 8.31. The summed E-state index contributed by atoms with van der Waals surface area (Å²) in [5.41, 5.74) is 5.09. The lowest BCUT2D eigenvalue weighted by Gasteiger charge is -2.18. The van der Waals surface area contributed by atoms with E-state index in [1.54, 1.807) is 7.11 Å². The molecule has 1 rings (SSSR count). The minimum Gasteiger partial charge on any atom is -0.393 e. The van der Waals surface area contributed by atoms with Gasteiger partial charge in [-0.15, -0.1) is 0 Å². The van der Waals surface area contributed by atoms with Crippen LogP contribution < -0.4 is 0 Å². The molecule has 0 fully saturated rings. The highest BCUT2D eigenvalue weighted by Crippen LogP contribution is 2.19. The molecule has 0 amide bonds. The fraction of sp³-hybridized carbons (Fsp3) is 0.600. The summed E-state index contributed by atoms with van der Waals surface area (Å²) in [6, 6.07) is 4.35. The van der Waals surface area contributed by atoms with E-state index in [2.05, 4.69) is 32.9 Å². The smallest absolute Gasteiger partial charge is 0.0605 e. The number of methoxy groups -OCH3 is 1. The van der Waals surface area contributed by atoms with Crippen molar-refractivity contribution in [3.8, 4) is 0 Å². The molecule has 2 atom stereocenters. The maximum Gasteiger partial charge on any atom is 0.0605 e. The summed E-state index contributed by atoms with van der Waals surface area (Å²) in [5.74, 6) is 0. The second kappa shape index (κ2) is 6.18. The maximum atomic E-state index is 10.0. The number of aryl methyl sites for hydroxylation is 3. The van der Waals surface area contributed by atoms with Crippen LogP contribution in [0, 0.1) is 20.8 Å². The lowest BCUT2D eigenvalue weighted by molar-refractivity contribution is 0.0564. The van der Waals surface area contributed by atoms with E-state index in [-0.39, 0.29) is 12.2 Å². The zero-order valence-corrected chi connectivity index (χ0v) is 11.6. The molecule has 17 heavy (non-hydrogen) atoms. The van der Waals surface area contributed by atoms with E-state index in [1.165, 1.54) is 22.3 Å². The van der Waals surface area contributed by atoms with Crippen LogP contribution in [0.4, 0.5) is 0 Å². The van der Waals surface area contributed by atoms with Gasteiger partial charge < -0.3 is 9.84 Å². The summed E-state index contributed by atoms with van der Waals surface area (Å²) in [7, 11) is 1.68. The largest absolute Gasteiger partial charge is 0.393 e. The highest BCUT2D eigenvalue weighted by atomic mass is 16.5. The molecule has 0 aliphatic carbocycles. The van der Waals surface area contributed by atoms with Crippen molar-refractivity contribution in [3.63, 3.8) is 0 Å². The maximum absolute atomic E-state index is 10.0. The van der Waals surface area contributed by atoms with Crippen molar-refractivity contribution in [2.45, 2.75) is 52.7 Å². The van der Waals surface area contributed by atoms with Gasteiger partial charge in [-0.05, 0) is 57.2 Å². The molecule has 1 aromatic rings. The molecule has 0 aromatic heterocycles. The molecule has 2 nitrogen and oxygen atoms in total. The number of aliphatic hydroxyl groups is 1. The molecule has 2 unspecified atom stereocenters. The van der Waals surface area contributed by atoms with Crippen molar-refractivity contribution in [3.05, 3.63) is 34.4 Å². The van der Waals surface area contributed by atoms with Crippen molar-refractivity contribution in [1.82, 2.24) is 0 Å². The summed E-state index contributed by atoms with van der Waals surface area (Å²) in [4.78, 5) is 0. The summed E-state index contributed by atoms with van der Waals surface area (Å²) < 4.78 is 5.18. The highest BCUT2D eigenvalue weighted by Gasteiger charge is 2.13. The van der Waals surface area contributed by atoms with Crippen molar-refractivity contribution >= 4 is 0 Å². The van der Waals surface area contributed by atoms with Crippen LogP contribution in [-0.4, -0.2) is 24.4 Å². The lowest BCUT2D eigenvalue weighted by Crippen LogP contribution is -2.20. The zero-order chi connectivity index (χ0) is 13.0. The first-order chi connectivity index (χ1) is 7.93. The standard InChI is InChI=1S/C15H24O2/c1-10-6-11(2)15(12(3)7-10)9-14(16)8-13(4)17-5/h6-7,13-14,16H,8-9H2,1-5H3. The number of hydrogen-bond donors (Lipinski definition) is 1. The molecule has 0 saturated carbocycles. The Bertz CT molecular complexity index is 348. The Kier molecular flexibility index (Phi) is 5.16. The van der Waals surface area contributed by atoms with E-state index in [0.717, 1.165) is 0 Å². The summed E-state index contributed by atoms with van der Waals surface area (Å²) in [5, 5.41) is 10.0. The molecular weight excluding hydrogens is 212 g/mol. The number of ether oxygens (including phenoxy) is 1. The van der Waals surface area contributed by atoms with Gasteiger partial charge in [0.2, 0.25) is 0 Å². The molecule has 0 spiro atoms. The zero-order valence-electron chi connectivity index (χ0n) is 11.6. The molecule has 0 aliphatic heterocycles. The molecule has 0 aliphatic rings. The Balaban J connectivity index is 2.74. The first kappa shape index (κ1) is 14.2. The molecule has 96 valence electrons. The molecule has 1 aromatic carbocycles. The van der Waals surface area contributed by atoms with E-state index in [1.807, 2.05) is 6.92 Å². The van der Waals surface area contributed by atoms with Crippen LogP contribution in [0.3, 0.4) is 0 Å². The molecule has 2 heteroatoms. The molecular formula is C15H24O2. The topological polar surface area (TPSA) is 29.5 Å². The van der Waals surface area contributed by atoms with Gasteiger partial charge in [0.25, 0.3) is 0 Å². The van der Waals surface area contributed by atoms with Gasteiger partial charge in [-0.3, -0.25) is 0 Å². The third-order valence-electron chi connectivity index (χ3n) is 3.29. The van der Waals surface area contributed by atoms with Gasteiger partial charge in [-0.1, -0.05) is 17.7 Å². The molecule has 0 heterocycles. The first-order valence-corrected chi connectivity index (χ1v) is 6.21. The SMILES string of the molecule is COC(C)CC(O)Cc1c(C)cc(C)cc1C. The average molecular weight is 236 g/mol. The first-order valence-electron chi connectivity index (χ1n) is 6.21. The van der Waals surface area contributed by atoms with Crippen LogP contribution in [0.15, 0.2) is 12.1 Å². The highest BCUT2D eigenvalue weighted by molar-refractivity contribution is 5.37. The number of rotatable bonds is 5. The molecule has 0 bridgehead atoms. The quantitative estimate of drug-likeness (QED) is 0.851. The predicted octanol–water partition coefficient (Wildman–Crippen LogP) is 2.94. The van der Waals surface area contributed by atoms with Crippen LogP contribution in [0.5, 0.6) is 0 Å². The van der Waals surface area contributed by atoms with Crippen molar-refractivity contribution in [1.29, 1.82) is 0 Å². The van der Waals surface area contributed by atoms with Crippen molar-refractivity contribution < 1.29 is 9.84 Å². The third-order valence-corrected chi connectivity index (χ3v) is 3.29. The van der Waals surface area contributed by atoms with Gasteiger partial charge in [0.15, 0.2) is 0 Å². The Morgan fingerprint density at radius 1 is 1.18 bits per heavy atom. The van der Waals surface area contributed by atoms with Crippen molar-refractivity contribution in [2.24, 2.45) is 0 Å². The number of benzene rings is 1. The van der Waals surface area contributed by atoms with E-state index in [0.29, 0.717) is 12.8 Å². The van der Waals surface area contributed by atoms with Gasteiger partial charge in [0, 0.05) is 7.11 Å². The molecule has 0 saturated heterocycles. The van der Waals surface area contributed by atoms with E-state index >= 15 is 0 Å². The van der Waals surface area contributed by atoms with Crippen molar-refractivity contribution in [2.75, 3.05) is 7.11 Å². The van der Waals surface area contributed by atoms with E-state index in [9.17, 15) is 5.11 Å². The van der Waals surface area contributed by atoms with Crippen LogP contribution in [0.1, 0.15) is 35.6 Å². The fourth-order valence-electron chi connectivity index (χ4n) is 2.33. The lowest BCUT2D eigenvalue weighted by atomic mass is 9.94. The van der Waals surface area contributed by atoms with Gasteiger partial charge in [-0.2, -0.15) is 0 Å². The van der Waals surface area contributed by atoms with Crippen LogP contribution in [-0.2, 0) is 11.2 Å². The predicted molar refractivity (Wildman–Crippen MR) is 71.5 cm³/mol. The fourth-order valence-corrected chi connectivity index (χ4v) is 2.33. The summed E-state index contributed by atoms with van der Waals surface area (Å²) >= 11 is 0. The van der Waals surface area contributed by atoms with Crippen LogP contribution >= 0.6 is 0 Å². The minimum atomic E-state index is -0.329. The number of hydrogen-bond acceptors (Lipinski definition) is 2. The monoisotopic (exact) mass is 236 g/mol. The van der Waals surface area contributed by atoms with Crippen LogP contribution in [0.2, 0.25) is 0 Å². The Hall–Kier alpha value is -0.860.